The van der Waals surface area contributed by atoms with Gasteiger partial charge in [-0.2, -0.15) is 0 Å². The Morgan fingerprint density at radius 2 is 0.658 bits per heavy atom. The molecule has 0 bridgehead atoms. The van der Waals surface area contributed by atoms with E-state index in [1.54, 1.807) is 6.08 Å². The van der Waals surface area contributed by atoms with Crippen LogP contribution in [0.2, 0.25) is 0 Å². The van der Waals surface area contributed by atoms with Gasteiger partial charge in [0.25, 0.3) is 0 Å². The molecule has 2 atom stereocenters. The topological polar surface area (TPSA) is 95.9 Å². The Morgan fingerprint density at radius 3 is 1.01 bits per heavy atom. The van der Waals surface area contributed by atoms with E-state index in [-0.39, 0.29) is 18.5 Å². The monoisotopic (exact) mass is 1070 g/mol. The van der Waals surface area contributed by atoms with Crippen molar-refractivity contribution in [2.45, 2.75) is 373 Å². The number of hydrogen-bond acceptors (Lipinski definition) is 5. The van der Waals surface area contributed by atoms with Gasteiger partial charge in [0, 0.05) is 12.8 Å². The predicted octanol–water partition coefficient (Wildman–Crippen LogP) is 21.7. The molecule has 0 aromatic rings. The van der Waals surface area contributed by atoms with Gasteiger partial charge in [-0.1, -0.05) is 306 Å². The van der Waals surface area contributed by atoms with Crippen LogP contribution in [0.15, 0.2) is 48.6 Å². The van der Waals surface area contributed by atoms with E-state index in [2.05, 4.69) is 55.6 Å². The Kier molecular flexibility index (Phi) is 63.5. The molecule has 0 aliphatic rings. The van der Waals surface area contributed by atoms with Crippen LogP contribution in [0.5, 0.6) is 0 Å². The molecule has 446 valence electrons. The molecule has 0 fully saturated rings. The average molecular weight is 1070 g/mol. The molecule has 1 amide bonds. The van der Waals surface area contributed by atoms with Crippen molar-refractivity contribution in [2.75, 3.05) is 13.2 Å². The first-order chi connectivity index (χ1) is 37.5. The highest BCUT2D eigenvalue weighted by Gasteiger charge is 2.18. The van der Waals surface area contributed by atoms with E-state index in [1.807, 2.05) is 6.08 Å². The zero-order chi connectivity index (χ0) is 55.0. The third-order valence-electron chi connectivity index (χ3n) is 15.6. The zero-order valence-electron chi connectivity index (χ0n) is 51.0. The van der Waals surface area contributed by atoms with Gasteiger partial charge in [-0.25, -0.2) is 0 Å². The number of nitrogens with one attached hydrogen (secondary N) is 1. The van der Waals surface area contributed by atoms with Crippen LogP contribution in [0.4, 0.5) is 0 Å². The maximum absolute atomic E-state index is 12.5. The van der Waals surface area contributed by atoms with Crippen molar-refractivity contribution < 1.29 is 24.5 Å². The molecule has 0 aliphatic heterocycles. The van der Waals surface area contributed by atoms with Crippen LogP contribution in [0.25, 0.3) is 0 Å². The van der Waals surface area contributed by atoms with Crippen LogP contribution < -0.4 is 5.32 Å². The predicted molar refractivity (Wildman–Crippen MR) is 333 cm³/mol. The number of carbonyl (C=O) groups is 2. The molecule has 0 spiro atoms. The van der Waals surface area contributed by atoms with Crippen molar-refractivity contribution in [3.05, 3.63) is 48.6 Å². The molecular weight excluding hydrogens is 935 g/mol. The van der Waals surface area contributed by atoms with Crippen LogP contribution >= 0.6 is 0 Å². The van der Waals surface area contributed by atoms with Crippen molar-refractivity contribution in [2.24, 2.45) is 0 Å². The zero-order valence-corrected chi connectivity index (χ0v) is 51.0. The van der Waals surface area contributed by atoms with Crippen LogP contribution in [-0.4, -0.2) is 47.4 Å². The van der Waals surface area contributed by atoms with Gasteiger partial charge in [0.2, 0.25) is 5.91 Å². The molecule has 0 saturated carbocycles. The molecule has 3 N–H and O–H groups in total. The normalized spacial score (nSPS) is 12.8. The fourth-order valence-corrected chi connectivity index (χ4v) is 10.4. The lowest BCUT2D eigenvalue weighted by Crippen LogP contribution is -2.45. The lowest BCUT2D eigenvalue weighted by molar-refractivity contribution is -0.143. The second-order valence-corrected chi connectivity index (χ2v) is 23.1. The van der Waals surface area contributed by atoms with Gasteiger partial charge in [0.05, 0.1) is 25.4 Å². The molecule has 0 heterocycles. The lowest BCUT2D eigenvalue weighted by atomic mass is 10.0. The van der Waals surface area contributed by atoms with Crippen LogP contribution in [0.3, 0.4) is 0 Å². The van der Waals surface area contributed by atoms with Crippen molar-refractivity contribution in [1.82, 2.24) is 5.32 Å². The Balaban J connectivity index is 3.41. The molecule has 6 nitrogen and oxygen atoms in total. The van der Waals surface area contributed by atoms with E-state index in [9.17, 15) is 19.8 Å². The Bertz CT molecular complexity index is 1270. The maximum atomic E-state index is 12.5. The van der Waals surface area contributed by atoms with Gasteiger partial charge in [-0.3, -0.25) is 9.59 Å². The number of amides is 1. The SMILES string of the molecule is CCCCCCCC/C=C\CCCCCCCCCC(=O)OCCCCCCCCCCC/C=C\C/C=C\CCCCCCCCCCCCCCCC(=O)NC(CO)C(O)/C=C/CCCCCCCCCCCCC. The first-order valence-corrected chi connectivity index (χ1v) is 33.9. The summed E-state index contributed by atoms with van der Waals surface area (Å²) in [6.07, 6.45) is 84.6. The second-order valence-electron chi connectivity index (χ2n) is 23.1. The fourth-order valence-electron chi connectivity index (χ4n) is 10.4. The number of rotatable bonds is 63. The Labute approximate surface area is 474 Å². The van der Waals surface area contributed by atoms with Gasteiger partial charge < -0.3 is 20.3 Å². The highest BCUT2D eigenvalue weighted by Crippen LogP contribution is 2.17. The summed E-state index contributed by atoms with van der Waals surface area (Å²) in [5.74, 6) is -0.0603. The van der Waals surface area contributed by atoms with Crippen molar-refractivity contribution in [3.8, 4) is 0 Å². The molecule has 76 heavy (non-hydrogen) atoms. The molecule has 0 aromatic carbocycles. The molecule has 6 heteroatoms. The summed E-state index contributed by atoms with van der Waals surface area (Å²) in [5.41, 5.74) is 0. The largest absolute Gasteiger partial charge is 0.466 e. The lowest BCUT2D eigenvalue weighted by Gasteiger charge is -2.20. The number of aliphatic hydroxyl groups excluding tert-OH is 2. The summed E-state index contributed by atoms with van der Waals surface area (Å²) < 4.78 is 5.49. The number of allylic oxidation sites excluding steroid dienone is 7. The van der Waals surface area contributed by atoms with Gasteiger partial charge in [-0.15, -0.1) is 0 Å². The number of carbonyl (C=O) groups excluding carboxylic acids is 2. The highest BCUT2D eigenvalue weighted by atomic mass is 16.5. The number of aliphatic hydroxyl groups is 2. The van der Waals surface area contributed by atoms with Crippen molar-refractivity contribution in [1.29, 1.82) is 0 Å². The van der Waals surface area contributed by atoms with Crippen LogP contribution in [0, 0.1) is 0 Å². The number of ether oxygens (including phenoxy) is 1. The molecule has 0 aliphatic carbocycles. The minimum Gasteiger partial charge on any atom is -0.466 e. The molecule has 0 radical (unpaired) electrons. The van der Waals surface area contributed by atoms with Crippen molar-refractivity contribution in [3.63, 3.8) is 0 Å². The fraction of sp³-hybridized carbons (Fsp3) is 0.857. The summed E-state index contributed by atoms with van der Waals surface area (Å²) in [4.78, 5) is 24.5. The molecule has 2 unspecified atom stereocenters. The Hall–Kier alpha value is -2.18. The Morgan fingerprint density at radius 1 is 0.368 bits per heavy atom. The second kappa shape index (κ2) is 65.3. The number of esters is 1. The maximum Gasteiger partial charge on any atom is 0.305 e. The third kappa shape index (κ3) is 61.0. The van der Waals surface area contributed by atoms with E-state index >= 15 is 0 Å². The van der Waals surface area contributed by atoms with Gasteiger partial charge in [0.1, 0.15) is 0 Å². The summed E-state index contributed by atoms with van der Waals surface area (Å²) >= 11 is 0. The standard InChI is InChI=1S/C70H131NO5/c1-3-5-7-9-11-13-15-17-18-32-36-40-44-48-52-56-60-64-70(75)76-65-61-57-53-49-45-41-37-34-31-29-27-25-23-21-19-20-22-24-26-28-30-33-35-39-43-47-51-55-59-63-69(74)71-67(66-72)68(73)62-58-54-50-46-42-38-16-14-12-10-8-6-4-2/h17-19,21,25,27,58,62,67-68,72-73H,3-16,20,22-24,26,28-57,59-61,63-66H2,1-2H3,(H,71,74)/b18-17-,21-19-,27-25-,62-58+. The quantitative estimate of drug-likeness (QED) is 0.0320. The van der Waals surface area contributed by atoms with Gasteiger partial charge in [0.15, 0.2) is 0 Å². The highest BCUT2D eigenvalue weighted by molar-refractivity contribution is 5.76. The summed E-state index contributed by atoms with van der Waals surface area (Å²) in [7, 11) is 0. The van der Waals surface area contributed by atoms with Crippen LogP contribution in [0.1, 0.15) is 361 Å². The first kappa shape index (κ1) is 73.8. The minimum absolute atomic E-state index is 0.00830. The number of unbranched alkanes of at least 4 members (excludes halogenated alkanes) is 46. The van der Waals surface area contributed by atoms with E-state index in [0.717, 1.165) is 51.4 Å². The summed E-state index contributed by atoms with van der Waals surface area (Å²) in [6.45, 7) is 4.91. The minimum atomic E-state index is -0.845. The smallest absolute Gasteiger partial charge is 0.305 e. The number of hydrogen-bond donors (Lipinski definition) is 3. The van der Waals surface area contributed by atoms with E-state index in [4.69, 9.17) is 4.74 Å². The average Bonchev–Trinajstić information content (AvgIpc) is 3.42. The van der Waals surface area contributed by atoms with Crippen molar-refractivity contribution >= 4 is 11.9 Å². The molecule has 0 rings (SSSR count). The van der Waals surface area contributed by atoms with Gasteiger partial charge >= 0.3 is 5.97 Å². The third-order valence-corrected chi connectivity index (χ3v) is 15.6. The summed E-state index contributed by atoms with van der Waals surface area (Å²) in [5, 5.41) is 23.1. The summed E-state index contributed by atoms with van der Waals surface area (Å²) in [6, 6.07) is -0.629. The van der Waals surface area contributed by atoms with E-state index in [0.29, 0.717) is 19.4 Å². The molecular formula is C70H131NO5. The first-order valence-electron chi connectivity index (χ1n) is 33.9. The molecule has 0 saturated heterocycles. The van der Waals surface area contributed by atoms with Crippen LogP contribution in [-0.2, 0) is 14.3 Å². The van der Waals surface area contributed by atoms with E-state index in [1.165, 1.54) is 283 Å². The van der Waals surface area contributed by atoms with Gasteiger partial charge in [-0.05, 0) is 89.9 Å². The molecule has 0 aromatic heterocycles. The van der Waals surface area contributed by atoms with E-state index < -0.39 is 12.1 Å².